The summed E-state index contributed by atoms with van der Waals surface area (Å²) in [6, 6.07) is 6.00. The summed E-state index contributed by atoms with van der Waals surface area (Å²) in [7, 11) is 1.92. The maximum absolute atomic E-state index is 12.0. The number of morpholine rings is 1. The number of carbonyl (C=O) groups excluding carboxylic acids is 1. The molecule has 1 aliphatic heterocycles. The number of ether oxygens (including phenoxy) is 1. The molecule has 19 heavy (non-hydrogen) atoms. The van der Waals surface area contributed by atoms with Crippen LogP contribution in [0.25, 0.3) is 0 Å². The van der Waals surface area contributed by atoms with Gasteiger partial charge in [-0.25, -0.2) is 0 Å². The van der Waals surface area contributed by atoms with Crippen LogP contribution in [0.15, 0.2) is 22.7 Å². The van der Waals surface area contributed by atoms with E-state index in [-0.39, 0.29) is 18.6 Å². The van der Waals surface area contributed by atoms with Gasteiger partial charge < -0.3 is 15.0 Å². The smallest absolute Gasteiger partial charge is 0.253 e. The minimum absolute atomic E-state index is 0.0245. The van der Waals surface area contributed by atoms with Crippen LogP contribution in [0.1, 0.15) is 12.0 Å². The molecule has 1 atom stereocenters. The Bertz CT molecular complexity index is 465. The van der Waals surface area contributed by atoms with Gasteiger partial charge in [-0.2, -0.15) is 0 Å². The molecule has 104 valence electrons. The number of carbonyl (C=O) groups is 1. The van der Waals surface area contributed by atoms with Crippen LogP contribution in [-0.2, 0) is 9.53 Å². The molecule has 1 fully saturated rings. The third-order valence-electron chi connectivity index (χ3n) is 3.31. The van der Waals surface area contributed by atoms with Crippen molar-refractivity contribution in [3.63, 3.8) is 0 Å². The Balaban J connectivity index is 2.11. The van der Waals surface area contributed by atoms with Crippen molar-refractivity contribution in [2.45, 2.75) is 19.4 Å². The number of aryl methyl sites for hydroxylation is 1. The molecule has 0 spiro atoms. The van der Waals surface area contributed by atoms with Crippen LogP contribution in [0, 0.1) is 6.92 Å². The van der Waals surface area contributed by atoms with E-state index in [2.05, 4.69) is 21.2 Å². The van der Waals surface area contributed by atoms with Crippen molar-refractivity contribution in [1.82, 2.24) is 5.32 Å². The number of nitrogens with one attached hydrogen (secondary N) is 1. The summed E-state index contributed by atoms with van der Waals surface area (Å²) >= 11 is 3.51. The zero-order valence-electron chi connectivity index (χ0n) is 11.3. The Morgan fingerprint density at radius 1 is 1.53 bits per heavy atom. The molecule has 1 unspecified atom stereocenters. The fourth-order valence-electron chi connectivity index (χ4n) is 2.10. The molecule has 1 heterocycles. The highest BCUT2D eigenvalue weighted by atomic mass is 79.9. The molecule has 0 aromatic heterocycles. The summed E-state index contributed by atoms with van der Waals surface area (Å²) in [4.78, 5) is 13.8. The van der Waals surface area contributed by atoms with Crippen molar-refractivity contribution < 1.29 is 9.53 Å². The summed E-state index contributed by atoms with van der Waals surface area (Å²) in [6.07, 6.45) is 1.01. The van der Waals surface area contributed by atoms with Gasteiger partial charge in [-0.15, -0.1) is 0 Å². The lowest BCUT2D eigenvalue weighted by molar-refractivity contribution is -0.129. The molecule has 1 aromatic rings. The number of amides is 1. The standard InChI is InChI=1S/C14H19BrN2O2/c1-10-3-4-11(7-13(10)15)17-8-12(5-6-16-2)19-9-14(17)18/h3-4,7,12,16H,5-6,8-9H2,1-2H3. The normalized spacial score (nSPS) is 19.8. The molecule has 1 aliphatic rings. The SMILES string of the molecule is CNCCC1CN(c2ccc(C)c(Br)c2)C(=O)CO1. The van der Waals surface area contributed by atoms with E-state index in [4.69, 9.17) is 4.74 Å². The summed E-state index contributed by atoms with van der Waals surface area (Å²) in [5.41, 5.74) is 2.09. The molecule has 1 aromatic carbocycles. The maximum atomic E-state index is 12.0. The van der Waals surface area contributed by atoms with E-state index in [0.29, 0.717) is 6.54 Å². The molecule has 1 N–H and O–H groups in total. The van der Waals surface area contributed by atoms with Crippen molar-refractivity contribution in [3.05, 3.63) is 28.2 Å². The van der Waals surface area contributed by atoms with Crippen molar-refractivity contribution in [1.29, 1.82) is 0 Å². The molecule has 5 heteroatoms. The van der Waals surface area contributed by atoms with Crippen LogP contribution < -0.4 is 10.2 Å². The van der Waals surface area contributed by atoms with Gasteiger partial charge in [0.25, 0.3) is 5.91 Å². The molecule has 0 bridgehead atoms. The van der Waals surface area contributed by atoms with Crippen molar-refractivity contribution in [2.75, 3.05) is 31.6 Å². The second-order valence-corrected chi connectivity index (χ2v) is 5.62. The predicted molar refractivity (Wildman–Crippen MR) is 79.5 cm³/mol. The van der Waals surface area contributed by atoms with Crippen molar-refractivity contribution in [3.8, 4) is 0 Å². The van der Waals surface area contributed by atoms with Gasteiger partial charge in [0.05, 0.1) is 12.6 Å². The maximum Gasteiger partial charge on any atom is 0.253 e. The van der Waals surface area contributed by atoms with Crippen LogP contribution in [0.3, 0.4) is 0 Å². The Kier molecular flexibility index (Phi) is 4.96. The number of hydrogen-bond donors (Lipinski definition) is 1. The minimum Gasteiger partial charge on any atom is -0.366 e. The van der Waals surface area contributed by atoms with E-state index in [1.165, 1.54) is 0 Å². The summed E-state index contributed by atoms with van der Waals surface area (Å²) < 4.78 is 6.58. The molecule has 4 nitrogen and oxygen atoms in total. The Morgan fingerprint density at radius 3 is 3.00 bits per heavy atom. The lowest BCUT2D eigenvalue weighted by atomic mass is 10.1. The van der Waals surface area contributed by atoms with Crippen molar-refractivity contribution in [2.24, 2.45) is 0 Å². The van der Waals surface area contributed by atoms with Gasteiger partial charge in [-0.1, -0.05) is 22.0 Å². The second kappa shape index (κ2) is 6.50. The largest absolute Gasteiger partial charge is 0.366 e. The van der Waals surface area contributed by atoms with E-state index < -0.39 is 0 Å². The molecule has 0 aliphatic carbocycles. The van der Waals surface area contributed by atoms with Gasteiger partial charge in [0, 0.05) is 10.2 Å². The second-order valence-electron chi connectivity index (χ2n) is 4.76. The molecule has 0 saturated carbocycles. The topological polar surface area (TPSA) is 41.6 Å². The van der Waals surface area contributed by atoms with Crippen LogP contribution >= 0.6 is 15.9 Å². The Labute approximate surface area is 122 Å². The molecule has 2 rings (SSSR count). The number of anilines is 1. The lowest BCUT2D eigenvalue weighted by Crippen LogP contribution is -2.47. The van der Waals surface area contributed by atoms with Crippen LogP contribution in [0.4, 0.5) is 5.69 Å². The molecule has 1 saturated heterocycles. The monoisotopic (exact) mass is 326 g/mol. The quantitative estimate of drug-likeness (QED) is 0.921. The average molecular weight is 327 g/mol. The van der Waals surface area contributed by atoms with Gasteiger partial charge in [-0.3, -0.25) is 4.79 Å². The van der Waals surface area contributed by atoms with E-state index in [0.717, 1.165) is 28.7 Å². The highest BCUT2D eigenvalue weighted by Gasteiger charge is 2.27. The average Bonchev–Trinajstić information content (AvgIpc) is 2.41. The van der Waals surface area contributed by atoms with Gasteiger partial charge >= 0.3 is 0 Å². The molecule has 1 amide bonds. The zero-order valence-corrected chi connectivity index (χ0v) is 12.9. The summed E-state index contributed by atoms with van der Waals surface area (Å²) in [5.74, 6) is 0.0245. The van der Waals surface area contributed by atoms with Crippen LogP contribution in [0.5, 0.6) is 0 Å². The highest BCUT2D eigenvalue weighted by Crippen LogP contribution is 2.25. The first-order valence-corrected chi connectivity index (χ1v) is 7.24. The first kappa shape index (κ1) is 14.5. The molecular weight excluding hydrogens is 308 g/mol. The number of nitrogens with zero attached hydrogens (tertiary/aromatic N) is 1. The Hall–Kier alpha value is -0.910. The first-order chi connectivity index (χ1) is 9.11. The molecular formula is C14H19BrN2O2. The minimum atomic E-state index is 0.0245. The third-order valence-corrected chi connectivity index (χ3v) is 4.17. The lowest BCUT2D eigenvalue weighted by Gasteiger charge is -2.33. The van der Waals surface area contributed by atoms with Crippen molar-refractivity contribution >= 4 is 27.5 Å². The van der Waals surface area contributed by atoms with E-state index in [9.17, 15) is 4.79 Å². The number of benzene rings is 1. The number of rotatable bonds is 4. The fourth-order valence-corrected chi connectivity index (χ4v) is 2.47. The Morgan fingerprint density at radius 2 is 2.32 bits per heavy atom. The molecule has 0 radical (unpaired) electrons. The summed E-state index contributed by atoms with van der Waals surface area (Å²) in [6.45, 7) is 3.71. The van der Waals surface area contributed by atoms with E-state index >= 15 is 0 Å². The zero-order chi connectivity index (χ0) is 13.8. The highest BCUT2D eigenvalue weighted by molar-refractivity contribution is 9.10. The van der Waals surface area contributed by atoms with Gasteiger partial charge in [-0.05, 0) is 44.6 Å². The predicted octanol–water partition coefficient (Wildman–Crippen LogP) is 2.10. The first-order valence-electron chi connectivity index (χ1n) is 6.44. The van der Waals surface area contributed by atoms with Gasteiger partial charge in [0.1, 0.15) is 6.61 Å². The van der Waals surface area contributed by atoms with Gasteiger partial charge in [0.2, 0.25) is 0 Å². The third kappa shape index (κ3) is 3.55. The summed E-state index contributed by atoms with van der Waals surface area (Å²) in [5, 5.41) is 3.11. The van der Waals surface area contributed by atoms with Gasteiger partial charge in [0.15, 0.2) is 0 Å². The fraction of sp³-hybridized carbons (Fsp3) is 0.500. The van der Waals surface area contributed by atoms with Crippen LogP contribution in [-0.4, -0.2) is 38.8 Å². The number of halogens is 1. The number of hydrogen-bond acceptors (Lipinski definition) is 3. The van der Waals surface area contributed by atoms with E-state index in [1.807, 2.05) is 37.1 Å². The van der Waals surface area contributed by atoms with Crippen LogP contribution in [0.2, 0.25) is 0 Å². The van der Waals surface area contributed by atoms with E-state index in [1.54, 1.807) is 0 Å².